The summed E-state index contributed by atoms with van der Waals surface area (Å²) in [5.41, 5.74) is -0.0492. The van der Waals surface area contributed by atoms with Gasteiger partial charge in [-0.3, -0.25) is 0 Å². The number of aromatic carboxylic acids is 1. The van der Waals surface area contributed by atoms with Crippen molar-refractivity contribution < 1.29 is 18.3 Å². The molecule has 0 spiro atoms. The van der Waals surface area contributed by atoms with Crippen LogP contribution in [0.2, 0.25) is 0 Å². The molecule has 0 atom stereocenters. The summed E-state index contributed by atoms with van der Waals surface area (Å²) in [5.74, 6) is -1.14. The zero-order valence-corrected chi connectivity index (χ0v) is 10.9. The monoisotopic (exact) mass is 273 g/mol. The molecule has 1 aromatic heterocycles. The number of carboxylic acid groups (broad SMARTS) is 1. The lowest BCUT2D eigenvalue weighted by Crippen LogP contribution is -2.33. The first kappa shape index (κ1) is 14.6. The molecule has 0 aliphatic heterocycles. The lowest BCUT2D eigenvalue weighted by Gasteiger charge is -2.16. The number of carboxylic acids is 1. The lowest BCUT2D eigenvalue weighted by atomic mass is 10.3. The summed E-state index contributed by atoms with van der Waals surface area (Å²) in [4.78, 5) is 14.3. The van der Waals surface area contributed by atoms with Crippen molar-refractivity contribution in [2.75, 3.05) is 27.2 Å². The van der Waals surface area contributed by atoms with E-state index in [4.69, 9.17) is 5.11 Å². The number of hydrogen-bond donors (Lipinski definition) is 2. The zero-order valence-electron chi connectivity index (χ0n) is 10.1. The van der Waals surface area contributed by atoms with Crippen LogP contribution in [-0.4, -0.2) is 56.0 Å². The van der Waals surface area contributed by atoms with Gasteiger partial charge in [-0.2, -0.15) is 4.31 Å². The van der Waals surface area contributed by atoms with Crippen molar-refractivity contribution in [3.63, 3.8) is 0 Å². The van der Waals surface area contributed by atoms with E-state index in [1.165, 1.54) is 19.2 Å². The maximum atomic E-state index is 12.0. The number of hydrogen-bond acceptors (Lipinski definition) is 5. The number of aromatic nitrogens is 1. The van der Waals surface area contributed by atoms with Crippen molar-refractivity contribution in [3.8, 4) is 0 Å². The van der Waals surface area contributed by atoms with Crippen LogP contribution in [-0.2, 0) is 10.0 Å². The van der Waals surface area contributed by atoms with Crippen LogP contribution >= 0.6 is 0 Å². The fraction of sp³-hybridized carbons (Fsp3) is 0.400. The van der Waals surface area contributed by atoms with Crippen LogP contribution < -0.4 is 5.32 Å². The molecular weight excluding hydrogens is 258 g/mol. The van der Waals surface area contributed by atoms with E-state index in [2.05, 4.69) is 10.3 Å². The largest absolute Gasteiger partial charge is 0.478 e. The molecule has 0 aliphatic carbocycles. The molecule has 0 unspecified atom stereocenters. The summed E-state index contributed by atoms with van der Waals surface area (Å²) in [6.45, 7) is 0.824. The Hall–Kier alpha value is -1.51. The van der Waals surface area contributed by atoms with Gasteiger partial charge in [-0.25, -0.2) is 18.2 Å². The second-order valence-corrected chi connectivity index (χ2v) is 5.61. The Morgan fingerprint density at radius 1 is 1.50 bits per heavy atom. The maximum absolute atomic E-state index is 12.0. The van der Waals surface area contributed by atoms with E-state index in [9.17, 15) is 13.2 Å². The summed E-state index contributed by atoms with van der Waals surface area (Å²) < 4.78 is 25.2. The van der Waals surface area contributed by atoms with Crippen LogP contribution in [0.5, 0.6) is 0 Å². The third kappa shape index (κ3) is 3.25. The summed E-state index contributed by atoms with van der Waals surface area (Å²) in [6, 6.07) is 2.41. The minimum Gasteiger partial charge on any atom is -0.478 e. The van der Waals surface area contributed by atoms with Gasteiger partial charge >= 0.3 is 5.97 Å². The number of carbonyl (C=O) groups is 1. The second kappa shape index (κ2) is 5.89. The Morgan fingerprint density at radius 3 is 2.61 bits per heavy atom. The minimum absolute atomic E-state index is 0.0492. The highest BCUT2D eigenvalue weighted by atomic mass is 32.2. The molecule has 0 bridgehead atoms. The molecule has 0 amide bonds. The standard InChI is InChI=1S/C10H15N3O4S/c1-11-5-6-13(2)18(16,17)9-4-3-8(7-12-9)10(14)15/h3-4,7,11H,5-6H2,1-2H3,(H,14,15). The topological polar surface area (TPSA) is 99.6 Å². The molecule has 0 fully saturated rings. The molecule has 18 heavy (non-hydrogen) atoms. The zero-order chi connectivity index (χ0) is 13.8. The van der Waals surface area contributed by atoms with E-state index in [1.807, 2.05) is 0 Å². The van der Waals surface area contributed by atoms with E-state index in [0.717, 1.165) is 10.5 Å². The maximum Gasteiger partial charge on any atom is 0.337 e. The average Bonchev–Trinajstić information content (AvgIpc) is 2.35. The van der Waals surface area contributed by atoms with E-state index in [0.29, 0.717) is 13.1 Å². The Bertz CT molecular complexity index is 512. The van der Waals surface area contributed by atoms with Crippen molar-refractivity contribution >= 4 is 16.0 Å². The number of pyridine rings is 1. The minimum atomic E-state index is -3.66. The van der Waals surface area contributed by atoms with Crippen LogP contribution in [0, 0.1) is 0 Å². The molecule has 0 radical (unpaired) electrons. The number of sulfonamides is 1. The van der Waals surface area contributed by atoms with E-state index in [-0.39, 0.29) is 10.6 Å². The SMILES string of the molecule is CNCCN(C)S(=O)(=O)c1ccc(C(=O)O)cn1. The first-order valence-corrected chi connectivity index (χ1v) is 6.64. The quantitative estimate of drug-likeness (QED) is 0.733. The molecule has 100 valence electrons. The molecule has 0 aromatic carbocycles. The number of likely N-dealkylation sites (N-methyl/N-ethyl adjacent to an activating group) is 2. The van der Waals surface area contributed by atoms with Gasteiger partial charge in [0.15, 0.2) is 5.03 Å². The van der Waals surface area contributed by atoms with Gasteiger partial charge in [0.1, 0.15) is 0 Å². The van der Waals surface area contributed by atoms with Crippen molar-refractivity contribution in [1.29, 1.82) is 0 Å². The van der Waals surface area contributed by atoms with Crippen LogP contribution in [0.15, 0.2) is 23.4 Å². The molecule has 1 rings (SSSR count). The van der Waals surface area contributed by atoms with E-state index < -0.39 is 16.0 Å². The molecule has 0 aliphatic rings. The van der Waals surface area contributed by atoms with E-state index >= 15 is 0 Å². The van der Waals surface area contributed by atoms with Crippen LogP contribution in [0.3, 0.4) is 0 Å². The molecule has 2 N–H and O–H groups in total. The van der Waals surface area contributed by atoms with Gasteiger partial charge in [-0.1, -0.05) is 0 Å². The van der Waals surface area contributed by atoms with Gasteiger partial charge in [0.05, 0.1) is 5.56 Å². The molecule has 1 aromatic rings. The molecule has 7 nitrogen and oxygen atoms in total. The fourth-order valence-electron chi connectivity index (χ4n) is 1.21. The molecular formula is C10H15N3O4S. The van der Waals surface area contributed by atoms with Gasteiger partial charge in [-0.15, -0.1) is 0 Å². The Morgan fingerprint density at radius 2 is 2.17 bits per heavy atom. The summed E-state index contributed by atoms with van der Waals surface area (Å²) >= 11 is 0. The summed E-state index contributed by atoms with van der Waals surface area (Å²) in [7, 11) is -0.498. The highest BCUT2D eigenvalue weighted by Crippen LogP contribution is 2.11. The van der Waals surface area contributed by atoms with Crippen LogP contribution in [0.4, 0.5) is 0 Å². The van der Waals surface area contributed by atoms with Crippen molar-refractivity contribution in [2.24, 2.45) is 0 Å². The third-order valence-electron chi connectivity index (χ3n) is 2.33. The molecule has 0 saturated carbocycles. The lowest BCUT2D eigenvalue weighted by molar-refractivity contribution is 0.0696. The first-order chi connectivity index (χ1) is 8.39. The van der Waals surface area contributed by atoms with Gasteiger partial charge in [-0.05, 0) is 19.2 Å². The van der Waals surface area contributed by atoms with Gasteiger partial charge < -0.3 is 10.4 Å². The molecule has 1 heterocycles. The molecule has 0 saturated heterocycles. The first-order valence-electron chi connectivity index (χ1n) is 5.20. The number of nitrogens with one attached hydrogen (secondary N) is 1. The second-order valence-electron chi connectivity index (χ2n) is 3.62. The third-order valence-corrected chi connectivity index (χ3v) is 4.11. The normalized spacial score (nSPS) is 11.7. The van der Waals surface area contributed by atoms with Crippen molar-refractivity contribution in [2.45, 2.75) is 5.03 Å². The van der Waals surface area contributed by atoms with E-state index in [1.54, 1.807) is 7.05 Å². The van der Waals surface area contributed by atoms with Crippen LogP contribution in [0.25, 0.3) is 0 Å². The highest BCUT2D eigenvalue weighted by molar-refractivity contribution is 7.89. The predicted molar refractivity (Wildman–Crippen MR) is 64.9 cm³/mol. The predicted octanol–water partition coefficient (Wildman–Crippen LogP) is -0.380. The van der Waals surface area contributed by atoms with Crippen molar-refractivity contribution in [1.82, 2.24) is 14.6 Å². The fourth-order valence-corrected chi connectivity index (χ4v) is 2.29. The Balaban J connectivity index is 2.94. The van der Waals surface area contributed by atoms with Gasteiger partial charge in [0.25, 0.3) is 10.0 Å². The van der Waals surface area contributed by atoms with Gasteiger partial charge in [0.2, 0.25) is 0 Å². The number of nitrogens with zero attached hydrogens (tertiary/aromatic N) is 2. The summed E-state index contributed by atoms with van der Waals surface area (Å²) in [6.07, 6.45) is 1.03. The highest BCUT2D eigenvalue weighted by Gasteiger charge is 2.21. The van der Waals surface area contributed by atoms with Crippen LogP contribution in [0.1, 0.15) is 10.4 Å². The average molecular weight is 273 g/mol. The van der Waals surface area contributed by atoms with Gasteiger partial charge in [0, 0.05) is 26.3 Å². The summed E-state index contributed by atoms with van der Waals surface area (Å²) in [5, 5.41) is 11.4. The Labute approximate surface area is 106 Å². The smallest absolute Gasteiger partial charge is 0.337 e. The number of rotatable bonds is 6. The van der Waals surface area contributed by atoms with Crippen molar-refractivity contribution in [3.05, 3.63) is 23.9 Å². The molecule has 8 heteroatoms. The Kier molecular flexibility index (Phi) is 4.76.